The molecule has 2 aliphatic rings. The van der Waals surface area contributed by atoms with Crippen molar-refractivity contribution in [3.05, 3.63) is 0 Å². The van der Waals surface area contributed by atoms with Gasteiger partial charge in [-0.25, -0.2) is 0 Å². The molecule has 14 heavy (non-hydrogen) atoms. The van der Waals surface area contributed by atoms with Gasteiger partial charge in [0, 0.05) is 32.1 Å². The molecule has 1 N–H and O–H groups in total. The summed E-state index contributed by atoms with van der Waals surface area (Å²) in [5.74, 6) is 0.271. The number of likely N-dealkylation sites (N-methyl/N-ethyl adjacent to an activating group) is 2. The van der Waals surface area contributed by atoms with E-state index in [1.807, 2.05) is 0 Å². The van der Waals surface area contributed by atoms with Crippen molar-refractivity contribution in [1.29, 1.82) is 0 Å². The van der Waals surface area contributed by atoms with Gasteiger partial charge in [0.05, 0.1) is 0 Å². The maximum atomic E-state index is 10.7. The van der Waals surface area contributed by atoms with Gasteiger partial charge < -0.3 is 14.9 Å². The second-order valence-electron chi connectivity index (χ2n) is 4.75. The minimum Gasteiger partial charge on any atom is -0.481 e. The molecular formula is C10H18N2O2. The number of rotatable bonds is 2. The molecule has 0 amide bonds. The summed E-state index contributed by atoms with van der Waals surface area (Å²) in [4.78, 5) is 15.3. The van der Waals surface area contributed by atoms with Crippen molar-refractivity contribution in [3.63, 3.8) is 0 Å². The van der Waals surface area contributed by atoms with Crippen molar-refractivity contribution in [2.45, 2.75) is 12.5 Å². The molecule has 2 rings (SSSR count). The lowest BCUT2D eigenvalue weighted by Gasteiger charge is -2.17. The highest BCUT2D eigenvalue weighted by Gasteiger charge is 2.45. The molecule has 0 spiro atoms. The summed E-state index contributed by atoms with van der Waals surface area (Å²) in [7, 11) is 4.22. The molecule has 80 valence electrons. The summed E-state index contributed by atoms with van der Waals surface area (Å²) >= 11 is 0. The Morgan fingerprint density at radius 2 is 2.07 bits per heavy atom. The van der Waals surface area contributed by atoms with Gasteiger partial charge in [0.15, 0.2) is 0 Å². The Kier molecular flexibility index (Phi) is 2.49. The third-order valence-electron chi connectivity index (χ3n) is 3.65. The van der Waals surface area contributed by atoms with Gasteiger partial charge in [-0.15, -0.1) is 0 Å². The number of carbonyl (C=O) groups is 1. The van der Waals surface area contributed by atoms with Gasteiger partial charge in [0.2, 0.25) is 0 Å². The summed E-state index contributed by atoms with van der Waals surface area (Å²) in [5.41, 5.74) is 0. The molecule has 2 aliphatic heterocycles. The first-order chi connectivity index (χ1) is 6.58. The number of fused-ring (bicyclic) bond motifs is 1. The topological polar surface area (TPSA) is 43.8 Å². The van der Waals surface area contributed by atoms with Crippen molar-refractivity contribution in [1.82, 2.24) is 9.80 Å². The van der Waals surface area contributed by atoms with Gasteiger partial charge in [0.1, 0.15) is 0 Å². The Bertz CT molecular complexity index is 244. The molecule has 4 nitrogen and oxygen atoms in total. The summed E-state index contributed by atoms with van der Waals surface area (Å²) in [5, 5.41) is 8.81. The SMILES string of the molecule is CN1CC2C(CC(=O)O)CN(C)C2C1. The monoisotopic (exact) mass is 198 g/mol. The van der Waals surface area contributed by atoms with E-state index in [9.17, 15) is 4.79 Å². The minimum atomic E-state index is -0.654. The van der Waals surface area contributed by atoms with Crippen LogP contribution in [0.15, 0.2) is 0 Å². The quantitative estimate of drug-likeness (QED) is 0.676. The van der Waals surface area contributed by atoms with Crippen LogP contribution in [0, 0.1) is 11.8 Å². The maximum absolute atomic E-state index is 10.7. The molecule has 0 aliphatic carbocycles. The van der Waals surface area contributed by atoms with E-state index in [1.54, 1.807) is 0 Å². The van der Waals surface area contributed by atoms with Crippen LogP contribution in [0.3, 0.4) is 0 Å². The van der Waals surface area contributed by atoms with Gasteiger partial charge in [-0.3, -0.25) is 4.79 Å². The molecule has 3 atom stereocenters. The molecule has 2 fully saturated rings. The first kappa shape index (κ1) is 9.93. The summed E-state index contributed by atoms with van der Waals surface area (Å²) in [6, 6.07) is 0.587. The lowest BCUT2D eigenvalue weighted by atomic mass is 9.90. The molecule has 0 aromatic rings. The van der Waals surface area contributed by atoms with Crippen LogP contribution in [0.1, 0.15) is 6.42 Å². The Labute approximate surface area is 84.5 Å². The largest absolute Gasteiger partial charge is 0.481 e. The molecular weight excluding hydrogens is 180 g/mol. The van der Waals surface area contributed by atoms with E-state index in [0.29, 0.717) is 24.3 Å². The zero-order valence-electron chi connectivity index (χ0n) is 8.81. The van der Waals surface area contributed by atoms with Crippen LogP contribution < -0.4 is 0 Å². The highest BCUT2D eigenvalue weighted by atomic mass is 16.4. The van der Waals surface area contributed by atoms with E-state index in [0.717, 1.165) is 19.6 Å². The molecule has 0 aromatic heterocycles. The first-order valence-corrected chi connectivity index (χ1v) is 5.18. The number of aliphatic carboxylic acids is 1. The number of hydrogen-bond donors (Lipinski definition) is 1. The first-order valence-electron chi connectivity index (χ1n) is 5.18. The molecule has 0 bridgehead atoms. The lowest BCUT2D eigenvalue weighted by Crippen LogP contribution is -2.30. The zero-order chi connectivity index (χ0) is 10.3. The summed E-state index contributed by atoms with van der Waals surface area (Å²) in [6.45, 7) is 3.11. The van der Waals surface area contributed by atoms with Crippen LogP contribution in [0.2, 0.25) is 0 Å². The molecule has 0 aromatic carbocycles. The Morgan fingerprint density at radius 3 is 2.71 bits per heavy atom. The smallest absolute Gasteiger partial charge is 0.303 e. The highest BCUT2D eigenvalue weighted by Crippen LogP contribution is 2.35. The van der Waals surface area contributed by atoms with Gasteiger partial charge in [-0.05, 0) is 25.9 Å². The van der Waals surface area contributed by atoms with E-state index in [4.69, 9.17) is 5.11 Å². The van der Waals surface area contributed by atoms with Crippen molar-refractivity contribution >= 4 is 5.97 Å². The van der Waals surface area contributed by atoms with E-state index in [1.165, 1.54) is 0 Å². The number of carboxylic acids is 1. The number of hydrogen-bond acceptors (Lipinski definition) is 3. The van der Waals surface area contributed by atoms with Crippen molar-refractivity contribution in [2.75, 3.05) is 33.7 Å². The predicted molar refractivity (Wildman–Crippen MR) is 53.1 cm³/mol. The molecule has 2 heterocycles. The van der Waals surface area contributed by atoms with E-state index in [-0.39, 0.29) is 0 Å². The molecule has 3 unspecified atom stereocenters. The van der Waals surface area contributed by atoms with Crippen molar-refractivity contribution in [2.24, 2.45) is 11.8 Å². The summed E-state index contributed by atoms with van der Waals surface area (Å²) in [6.07, 6.45) is 0.333. The van der Waals surface area contributed by atoms with Crippen LogP contribution >= 0.6 is 0 Å². The predicted octanol–water partition coefficient (Wildman–Crippen LogP) is -0.0471. The highest BCUT2D eigenvalue weighted by molar-refractivity contribution is 5.67. The molecule has 0 saturated carbocycles. The number of nitrogens with zero attached hydrogens (tertiary/aromatic N) is 2. The average molecular weight is 198 g/mol. The Hall–Kier alpha value is -0.610. The maximum Gasteiger partial charge on any atom is 0.303 e. The van der Waals surface area contributed by atoms with Crippen LogP contribution in [-0.2, 0) is 4.79 Å². The van der Waals surface area contributed by atoms with Crippen molar-refractivity contribution < 1.29 is 9.90 Å². The lowest BCUT2D eigenvalue weighted by molar-refractivity contribution is -0.138. The van der Waals surface area contributed by atoms with Gasteiger partial charge in [0.25, 0.3) is 0 Å². The zero-order valence-corrected chi connectivity index (χ0v) is 8.81. The Morgan fingerprint density at radius 1 is 1.36 bits per heavy atom. The van der Waals surface area contributed by atoms with Crippen molar-refractivity contribution in [3.8, 4) is 0 Å². The third-order valence-corrected chi connectivity index (χ3v) is 3.65. The minimum absolute atomic E-state index is 0.333. The average Bonchev–Trinajstić information content (AvgIpc) is 2.54. The van der Waals surface area contributed by atoms with E-state index < -0.39 is 5.97 Å². The fourth-order valence-electron chi connectivity index (χ4n) is 3.02. The third kappa shape index (κ3) is 1.64. The van der Waals surface area contributed by atoms with E-state index >= 15 is 0 Å². The Balaban J connectivity index is 2.04. The number of carboxylic acid groups (broad SMARTS) is 1. The van der Waals surface area contributed by atoms with Gasteiger partial charge >= 0.3 is 5.97 Å². The van der Waals surface area contributed by atoms with Gasteiger partial charge in [-0.1, -0.05) is 0 Å². The normalized spacial score (nSPS) is 38.9. The fraction of sp³-hybridized carbons (Fsp3) is 0.900. The van der Waals surface area contributed by atoms with Crippen LogP contribution in [0.4, 0.5) is 0 Å². The molecule has 0 radical (unpaired) electrons. The second-order valence-corrected chi connectivity index (χ2v) is 4.75. The van der Waals surface area contributed by atoms with Crippen LogP contribution in [0.25, 0.3) is 0 Å². The molecule has 2 saturated heterocycles. The summed E-state index contributed by atoms with van der Waals surface area (Å²) < 4.78 is 0. The molecule has 4 heteroatoms. The van der Waals surface area contributed by atoms with Crippen LogP contribution in [0.5, 0.6) is 0 Å². The van der Waals surface area contributed by atoms with E-state index in [2.05, 4.69) is 23.9 Å². The fourth-order valence-corrected chi connectivity index (χ4v) is 3.02. The second kappa shape index (κ2) is 3.51. The van der Waals surface area contributed by atoms with Crippen LogP contribution in [-0.4, -0.2) is 60.6 Å². The standard InChI is InChI=1S/C10H18N2O2/c1-11-5-8-7(3-10(13)14)4-12(2)9(8)6-11/h7-9H,3-6H2,1-2H3,(H,13,14). The number of likely N-dealkylation sites (tertiary alicyclic amines) is 2. The van der Waals surface area contributed by atoms with Gasteiger partial charge in [-0.2, -0.15) is 0 Å².